The summed E-state index contributed by atoms with van der Waals surface area (Å²) in [5, 5.41) is 3.99. The summed E-state index contributed by atoms with van der Waals surface area (Å²) < 4.78 is 18.8. The van der Waals surface area contributed by atoms with Crippen molar-refractivity contribution < 1.29 is 13.7 Å². The standard InChI is InChI=1S/C18H15FN4O2/c19-14-5-1-3-12(9-14)11-23-15(6-7-16(23)24)18-21-17(22-25-18)13-4-2-8-20-10-13/h1-5,8-10,15H,6-7,11H2. The Morgan fingerprint density at radius 3 is 3.00 bits per heavy atom. The van der Waals surface area contributed by atoms with E-state index in [9.17, 15) is 9.18 Å². The van der Waals surface area contributed by atoms with Gasteiger partial charge < -0.3 is 9.42 Å². The van der Waals surface area contributed by atoms with Crippen molar-refractivity contribution >= 4 is 5.91 Å². The summed E-state index contributed by atoms with van der Waals surface area (Å²) in [4.78, 5) is 22.4. The normalized spacial score (nSPS) is 17.2. The van der Waals surface area contributed by atoms with Crippen LogP contribution in [-0.4, -0.2) is 25.9 Å². The van der Waals surface area contributed by atoms with Gasteiger partial charge in [0.1, 0.15) is 11.9 Å². The fourth-order valence-corrected chi connectivity index (χ4v) is 3.00. The van der Waals surface area contributed by atoms with Crippen molar-refractivity contribution in [3.05, 3.63) is 66.1 Å². The van der Waals surface area contributed by atoms with Crippen LogP contribution in [0, 0.1) is 5.82 Å². The number of carbonyl (C=O) groups is 1. The molecule has 0 aliphatic carbocycles. The molecule has 0 radical (unpaired) electrons. The minimum atomic E-state index is -0.322. The molecular formula is C18H15FN4O2. The topological polar surface area (TPSA) is 72.1 Å². The average Bonchev–Trinajstić information content (AvgIpc) is 3.24. The predicted octanol–water partition coefficient (Wildman–Crippen LogP) is 3.13. The van der Waals surface area contributed by atoms with Gasteiger partial charge in [0.25, 0.3) is 0 Å². The molecule has 0 saturated carbocycles. The number of halogens is 1. The lowest BCUT2D eigenvalue weighted by atomic mass is 10.1. The Balaban J connectivity index is 1.59. The molecule has 0 N–H and O–H groups in total. The number of aromatic nitrogens is 3. The zero-order chi connectivity index (χ0) is 17.2. The van der Waals surface area contributed by atoms with E-state index in [1.807, 2.05) is 6.07 Å². The quantitative estimate of drug-likeness (QED) is 0.731. The lowest BCUT2D eigenvalue weighted by Gasteiger charge is -2.22. The van der Waals surface area contributed by atoms with Gasteiger partial charge in [-0.15, -0.1) is 0 Å². The monoisotopic (exact) mass is 338 g/mol. The van der Waals surface area contributed by atoms with Crippen LogP contribution in [0.2, 0.25) is 0 Å². The van der Waals surface area contributed by atoms with E-state index >= 15 is 0 Å². The van der Waals surface area contributed by atoms with Crippen LogP contribution in [0.1, 0.15) is 30.3 Å². The zero-order valence-electron chi connectivity index (χ0n) is 13.3. The SMILES string of the molecule is O=C1CCC(c2nc(-c3cccnc3)no2)N1Cc1cccc(F)c1. The highest BCUT2D eigenvalue weighted by molar-refractivity contribution is 5.78. The van der Waals surface area contributed by atoms with Gasteiger partial charge in [-0.1, -0.05) is 17.3 Å². The van der Waals surface area contributed by atoms with Crippen LogP contribution in [0.5, 0.6) is 0 Å². The van der Waals surface area contributed by atoms with Gasteiger partial charge >= 0.3 is 0 Å². The van der Waals surface area contributed by atoms with Crippen LogP contribution >= 0.6 is 0 Å². The van der Waals surface area contributed by atoms with Gasteiger partial charge in [-0.25, -0.2) is 4.39 Å². The molecule has 1 aromatic carbocycles. The van der Waals surface area contributed by atoms with Gasteiger partial charge in [-0.2, -0.15) is 4.98 Å². The summed E-state index contributed by atoms with van der Waals surface area (Å²) in [5.41, 5.74) is 1.48. The van der Waals surface area contributed by atoms with E-state index in [2.05, 4.69) is 15.1 Å². The first-order valence-electron chi connectivity index (χ1n) is 7.98. The van der Waals surface area contributed by atoms with Gasteiger partial charge in [0.2, 0.25) is 17.6 Å². The fraction of sp³-hybridized carbons (Fsp3) is 0.222. The number of amides is 1. The van der Waals surface area contributed by atoms with E-state index in [0.717, 1.165) is 11.1 Å². The number of nitrogens with zero attached hydrogens (tertiary/aromatic N) is 4. The zero-order valence-corrected chi connectivity index (χ0v) is 13.3. The van der Waals surface area contributed by atoms with Gasteiger partial charge in [-0.05, 0) is 36.2 Å². The fourth-order valence-electron chi connectivity index (χ4n) is 3.00. The number of benzene rings is 1. The molecule has 1 aliphatic rings. The molecule has 1 unspecified atom stereocenters. The van der Waals surface area contributed by atoms with Crippen LogP contribution < -0.4 is 0 Å². The van der Waals surface area contributed by atoms with Crippen LogP contribution in [0.4, 0.5) is 4.39 Å². The minimum absolute atomic E-state index is 0.00427. The summed E-state index contributed by atoms with van der Waals surface area (Å²) >= 11 is 0. The smallest absolute Gasteiger partial charge is 0.249 e. The highest BCUT2D eigenvalue weighted by Crippen LogP contribution is 2.34. The van der Waals surface area contributed by atoms with E-state index in [1.165, 1.54) is 12.1 Å². The maximum Gasteiger partial charge on any atom is 0.249 e. The van der Waals surface area contributed by atoms with Crippen molar-refractivity contribution in [2.75, 3.05) is 0 Å². The minimum Gasteiger partial charge on any atom is -0.337 e. The molecule has 1 aliphatic heterocycles. The number of likely N-dealkylation sites (tertiary alicyclic amines) is 1. The molecule has 2 aromatic heterocycles. The van der Waals surface area contributed by atoms with Crippen molar-refractivity contribution in [1.82, 2.24) is 20.0 Å². The molecule has 0 spiro atoms. The lowest BCUT2D eigenvalue weighted by Crippen LogP contribution is -2.27. The number of pyridine rings is 1. The molecule has 7 heteroatoms. The van der Waals surface area contributed by atoms with E-state index in [1.54, 1.807) is 35.5 Å². The first kappa shape index (κ1) is 15.4. The molecular weight excluding hydrogens is 323 g/mol. The highest BCUT2D eigenvalue weighted by atomic mass is 19.1. The van der Waals surface area contributed by atoms with Crippen LogP contribution in [0.15, 0.2) is 53.3 Å². The third kappa shape index (κ3) is 3.13. The number of hydrogen-bond acceptors (Lipinski definition) is 5. The molecule has 25 heavy (non-hydrogen) atoms. The molecule has 1 fully saturated rings. The maximum atomic E-state index is 13.4. The molecule has 0 bridgehead atoms. The van der Waals surface area contributed by atoms with Crippen LogP contribution in [-0.2, 0) is 11.3 Å². The highest BCUT2D eigenvalue weighted by Gasteiger charge is 2.36. The molecule has 4 rings (SSSR count). The summed E-state index contributed by atoms with van der Waals surface area (Å²) in [7, 11) is 0. The van der Waals surface area contributed by atoms with Crippen molar-refractivity contribution in [2.24, 2.45) is 0 Å². The third-order valence-corrected chi connectivity index (χ3v) is 4.22. The molecule has 6 nitrogen and oxygen atoms in total. The second-order valence-electron chi connectivity index (χ2n) is 5.90. The maximum absolute atomic E-state index is 13.4. The van der Waals surface area contributed by atoms with Crippen molar-refractivity contribution in [3.8, 4) is 11.4 Å². The molecule has 3 heterocycles. The first-order chi connectivity index (χ1) is 12.2. The summed E-state index contributed by atoms with van der Waals surface area (Å²) in [6, 6.07) is 9.57. The Bertz CT molecular complexity index is 897. The molecule has 3 aromatic rings. The second-order valence-corrected chi connectivity index (χ2v) is 5.90. The third-order valence-electron chi connectivity index (χ3n) is 4.22. The number of hydrogen-bond donors (Lipinski definition) is 0. The van der Waals surface area contributed by atoms with Crippen molar-refractivity contribution in [2.45, 2.75) is 25.4 Å². The Labute approximate surface area is 143 Å². The van der Waals surface area contributed by atoms with Crippen LogP contribution in [0.25, 0.3) is 11.4 Å². The Kier molecular flexibility index (Phi) is 3.97. The van der Waals surface area contributed by atoms with Crippen molar-refractivity contribution in [1.29, 1.82) is 0 Å². The average molecular weight is 338 g/mol. The van der Waals surface area contributed by atoms with Gasteiger partial charge in [0.15, 0.2) is 0 Å². The van der Waals surface area contributed by atoms with Gasteiger partial charge in [0, 0.05) is 30.9 Å². The van der Waals surface area contributed by atoms with Crippen LogP contribution in [0.3, 0.4) is 0 Å². The van der Waals surface area contributed by atoms with E-state index < -0.39 is 0 Å². The summed E-state index contributed by atoms with van der Waals surface area (Å²) in [5.74, 6) is 0.502. The largest absolute Gasteiger partial charge is 0.337 e. The Morgan fingerprint density at radius 1 is 1.28 bits per heavy atom. The first-order valence-corrected chi connectivity index (χ1v) is 7.98. The molecule has 1 atom stereocenters. The lowest BCUT2D eigenvalue weighted by molar-refractivity contribution is -0.130. The summed E-state index contributed by atoms with van der Waals surface area (Å²) in [6.07, 6.45) is 4.33. The van der Waals surface area contributed by atoms with Crippen molar-refractivity contribution in [3.63, 3.8) is 0 Å². The van der Waals surface area contributed by atoms with E-state index in [4.69, 9.17) is 4.52 Å². The molecule has 1 saturated heterocycles. The number of carbonyl (C=O) groups excluding carboxylic acids is 1. The summed E-state index contributed by atoms with van der Waals surface area (Å²) in [6.45, 7) is 0.311. The van der Waals surface area contributed by atoms with E-state index in [0.29, 0.717) is 31.1 Å². The van der Waals surface area contributed by atoms with Gasteiger partial charge in [0.05, 0.1) is 0 Å². The van der Waals surface area contributed by atoms with Gasteiger partial charge in [-0.3, -0.25) is 9.78 Å². The molecule has 126 valence electrons. The number of rotatable bonds is 4. The molecule has 1 amide bonds. The Hall–Kier alpha value is -3.09. The Morgan fingerprint density at radius 2 is 2.20 bits per heavy atom. The van der Waals surface area contributed by atoms with E-state index in [-0.39, 0.29) is 17.8 Å². The second kappa shape index (κ2) is 6.43. The predicted molar refractivity (Wildman–Crippen MR) is 86.5 cm³/mol.